The molecule has 0 spiro atoms. The van der Waals surface area contributed by atoms with Gasteiger partial charge in [-0.05, 0) is 12.5 Å². The predicted octanol–water partition coefficient (Wildman–Crippen LogP) is 1.12. The standard InChI is InChI=1S/C19H23NO9/c1-25-14-8-12(7-11(17(14)26-2)5-6-15(21)22)20-10-29-9-13(18(23)27-3)16(20)19(24)28-4/h7-8H,5-6,9-10H2,1-4H3,(H,21,22). The van der Waals surface area contributed by atoms with Crippen LogP contribution in [0.15, 0.2) is 23.4 Å². The molecule has 1 aromatic carbocycles. The molecule has 1 heterocycles. The van der Waals surface area contributed by atoms with Crippen LogP contribution in [0.1, 0.15) is 12.0 Å². The van der Waals surface area contributed by atoms with Gasteiger partial charge in [0.25, 0.3) is 0 Å². The Kier molecular flexibility index (Phi) is 7.43. The zero-order valence-corrected chi connectivity index (χ0v) is 16.6. The van der Waals surface area contributed by atoms with Gasteiger partial charge in [-0.25, -0.2) is 9.59 Å². The molecule has 0 aliphatic carbocycles. The van der Waals surface area contributed by atoms with Gasteiger partial charge in [0.15, 0.2) is 11.5 Å². The topological polar surface area (TPSA) is 121 Å². The van der Waals surface area contributed by atoms with Crippen molar-refractivity contribution in [2.75, 3.05) is 46.7 Å². The summed E-state index contributed by atoms with van der Waals surface area (Å²) in [5, 5.41) is 9.03. The first-order chi connectivity index (χ1) is 13.9. The van der Waals surface area contributed by atoms with E-state index in [4.69, 9.17) is 28.8 Å². The lowest BCUT2D eigenvalue weighted by atomic mass is 10.0. The quantitative estimate of drug-likeness (QED) is 0.625. The number of hydrogen-bond donors (Lipinski definition) is 1. The Labute approximate surface area is 167 Å². The van der Waals surface area contributed by atoms with Crippen molar-refractivity contribution in [1.29, 1.82) is 0 Å². The fraction of sp³-hybridized carbons (Fsp3) is 0.421. The number of carbonyl (C=O) groups excluding carboxylic acids is 2. The number of hydrogen-bond acceptors (Lipinski definition) is 9. The summed E-state index contributed by atoms with van der Waals surface area (Å²) in [6.07, 6.45) is 0.0328. The largest absolute Gasteiger partial charge is 0.493 e. The Bertz CT molecular complexity index is 831. The summed E-state index contributed by atoms with van der Waals surface area (Å²) in [7, 11) is 5.28. The SMILES string of the molecule is COC(=O)C1=C(C(=O)OC)N(c2cc(CCC(=O)O)c(OC)c(OC)c2)COC1. The minimum Gasteiger partial charge on any atom is -0.493 e. The van der Waals surface area contributed by atoms with E-state index in [1.807, 2.05) is 0 Å². The first kappa shape index (κ1) is 22.0. The van der Waals surface area contributed by atoms with E-state index in [-0.39, 0.29) is 37.4 Å². The first-order valence-corrected chi connectivity index (χ1v) is 8.59. The number of carboxylic acid groups (broad SMARTS) is 1. The molecule has 0 bridgehead atoms. The van der Waals surface area contributed by atoms with Crippen LogP contribution in [0.5, 0.6) is 11.5 Å². The van der Waals surface area contributed by atoms with Gasteiger partial charge in [0.1, 0.15) is 12.4 Å². The van der Waals surface area contributed by atoms with Crippen LogP contribution in [-0.2, 0) is 35.0 Å². The Balaban J connectivity index is 2.63. The summed E-state index contributed by atoms with van der Waals surface area (Å²) in [6.45, 7) is -0.161. The molecule has 0 aromatic heterocycles. The van der Waals surface area contributed by atoms with Crippen molar-refractivity contribution >= 4 is 23.6 Å². The number of benzene rings is 1. The number of carboxylic acids is 1. The molecule has 10 heteroatoms. The summed E-state index contributed by atoms with van der Waals surface area (Å²) in [4.78, 5) is 37.0. The van der Waals surface area contributed by atoms with Gasteiger partial charge in [-0.1, -0.05) is 0 Å². The second kappa shape index (κ2) is 9.78. The van der Waals surface area contributed by atoms with Gasteiger partial charge >= 0.3 is 17.9 Å². The molecule has 0 fully saturated rings. The molecular formula is C19H23NO9. The predicted molar refractivity (Wildman–Crippen MR) is 99.9 cm³/mol. The number of rotatable bonds is 8. The van der Waals surface area contributed by atoms with E-state index in [1.54, 1.807) is 12.1 Å². The smallest absolute Gasteiger partial charge is 0.355 e. The van der Waals surface area contributed by atoms with Gasteiger partial charge in [0.05, 0.1) is 40.6 Å². The average Bonchev–Trinajstić information content (AvgIpc) is 2.74. The third-order valence-corrected chi connectivity index (χ3v) is 4.29. The molecule has 0 saturated heterocycles. The maximum Gasteiger partial charge on any atom is 0.355 e. The van der Waals surface area contributed by atoms with E-state index in [1.165, 1.54) is 33.3 Å². The van der Waals surface area contributed by atoms with Crippen molar-refractivity contribution in [2.45, 2.75) is 12.8 Å². The Morgan fingerprint density at radius 2 is 1.76 bits per heavy atom. The summed E-state index contributed by atoms with van der Waals surface area (Å²) in [5.41, 5.74) is 0.970. The van der Waals surface area contributed by atoms with Crippen molar-refractivity contribution in [1.82, 2.24) is 0 Å². The van der Waals surface area contributed by atoms with E-state index < -0.39 is 17.9 Å². The maximum absolute atomic E-state index is 12.4. The van der Waals surface area contributed by atoms with Crippen LogP contribution in [0.25, 0.3) is 0 Å². The fourth-order valence-electron chi connectivity index (χ4n) is 2.96. The van der Waals surface area contributed by atoms with Crippen LogP contribution in [-0.4, -0.2) is 64.8 Å². The molecular weight excluding hydrogens is 386 g/mol. The molecule has 0 radical (unpaired) electrons. The highest BCUT2D eigenvalue weighted by Crippen LogP contribution is 2.38. The van der Waals surface area contributed by atoms with Gasteiger partial charge in [-0.2, -0.15) is 0 Å². The second-order valence-corrected chi connectivity index (χ2v) is 5.95. The maximum atomic E-state index is 12.4. The molecule has 1 aromatic rings. The van der Waals surface area contributed by atoms with Crippen LogP contribution in [0.2, 0.25) is 0 Å². The second-order valence-electron chi connectivity index (χ2n) is 5.95. The third-order valence-electron chi connectivity index (χ3n) is 4.29. The van der Waals surface area contributed by atoms with Gasteiger partial charge in [-0.15, -0.1) is 0 Å². The lowest BCUT2D eigenvalue weighted by Gasteiger charge is -2.32. The molecule has 1 aliphatic rings. The molecule has 29 heavy (non-hydrogen) atoms. The summed E-state index contributed by atoms with van der Waals surface area (Å²) in [5.74, 6) is -1.72. The number of ether oxygens (including phenoxy) is 5. The molecule has 0 amide bonds. The fourth-order valence-corrected chi connectivity index (χ4v) is 2.96. The minimum atomic E-state index is -0.971. The van der Waals surface area contributed by atoms with Crippen molar-refractivity contribution < 1.29 is 43.2 Å². The zero-order chi connectivity index (χ0) is 21.6. The number of nitrogens with zero attached hydrogens (tertiary/aromatic N) is 1. The van der Waals surface area contributed by atoms with Gasteiger partial charge in [0, 0.05) is 23.7 Å². The molecule has 10 nitrogen and oxygen atoms in total. The number of methoxy groups -OCH3 is 4. The van der Waals surface area contributed by atoms with E-state index in [0.717, 1.165) is 0 Å². The molecule has 2 rings (SSSR count). The zero-order valence-electron chi connectivity index (χ0n) is 16.6. The van der Waals surface area contributed by atoms with Gasteiger partial charge < -0.3 is 33.7 Å². The van der Waals surface area contributed by atoms with Crippen molar-refractivity contribution in [2.24, 2.45) is 0 Å². The van der Waals surface area contributed by atoms with Crippen LogP contribution in [0, 0.1) is 0 Å². The molecule has 158 valence electrons. The van der Waals surface area contributed by atoms with Gasteiger partial charge in [-0.3, -0.25) is 4.79 Å². The minimum absolute atomic E-state index is 0.00692. The van der Waals surface area contributed by atoms with Crippen molar-refractivity contribution in [3.8, 4) is 11.5 Å². The highest BCUT2D eigenvalue weighted by atomic mass is 16.5. The lowest BCUT2D eigenvalue weighted by molar-refractivity contribution is -0.140. The number of esters is 2. The summed E-state index contributed by atoms with van der Waals surface area (Å²) < 4.78 is 25.8. The lowest BCUT2D eigenvalue weighted by Crippen LogP contribution is -2.38. The third kappa shape index (κ3) is 4.77. The Morgan fingerprint density at radius 3 is 2.31 bits per heavy atom. The molecule has 1 N–H and O–H groups in total. The monoisotopic (exact) mass is 409 g/mol. The molecule has 1 aliphatic heterocycles. The van der Waals surface area contributed by atoms with Crippen molar-refractivity contribution in [3.63, 3.8) is 0 Å². The highest BCUT2D eigenvalue weighted by molar-refractivity contribution is 6.03. The highest BCUT2D eigenvalue weighted by Gasteiger charge is 2.33. The number of anilines is 1. The van der Waals surface area contributed by atoms with Crippen LogP contribution >= 0.6 is 0 Å². The van der Waals surface area contributed by atoms with E-state index in [0.29, 0.717) is 22.7 Å². The average molecular weight is 409 g/mol. The Hall–Kier alpha value is -3.27. The summed E-state index contributed by atoms with van der Waals surface area (Å²) >= 11 is 0. The molecule has 0 atom stereocenters. The van der Waals surface area contributed by atoms with E-state index >= 15 is 0 Å². The van der Waals surface area contributed by atoms with E-state index in [9.17, 15) is 14.4 Å². The molecule has 0 saturated carbocycles. The Morgan fingerprint density at radius 1 is 1.07 bits per heavy atom. The normalized spacial score (nSPS) is 13.7. The molecule has 0 unspecified atom stereocenters. The number of aliphatic carboxylic acids is 1. The van der Waals surface area contributed by atoms with Crippen LogP contribution in [0.4, 0.5) is 5.69 Å². The van der Waals surface area contributed by atoms with Crippen molar-refractivity contribution in [3.05, 3.63) is 29.0 Å². The van der Waals surface area contributed by atoms with Gasteiger partial charge in [0.2, 0.25) is 0 Å². The number of carbonyl (C=O) groups is 3. The van der Waals surface area contributed by atoms with E-state index in [2.05, 4.69) is 0 Å². The first-order valence-electron chi connectivity index (χ1n) is 8.59. The van der Waals surface area contributed by atoms with Crippen LogP contribution < -0.4 is 14.4 Å². The number of aryl methyl sites for hydroxylation is 1. The summed E-state index contributed by atoms with van der Waals surface area (Å²) in [6, 6.07) is 3.24. The van der Waals surface area contributed by atoms with Crippen LogP contribution in [0.3, 0.4) is 0 Å².